The van der Waals surface area contributed by atoms with E-state index in [1.807, 2.05) is 47.9 Å². The molecule has 0 aliphatic rings. The van der Waals surface area contributed by atoms with Crippen molar-refractivity contribution < 1.29 is 19.4 Å². The Hall–Kier alpha value is -4.02. The first-order valence-corrected chi connectivity index (χ1v) is 13.0. The van der Waals surface area contributed by atoms with Crippen molar-refractivity contribution in [2.45, 2.75) is 19.0 Å². The molecule has 38 heavy (non-hydrogen) atoms. The molecule has 196 valence electrons. The van der Waals surface area contributed by atoms with Crippen LogP contribution in [0.15, 0.2) is 77.0 Å². The Balaban J connectivity index is 1.52. The van der Waals surface area contributed by atoms with Crippen LogP contribution in [0.3, 0.4) is 0 Å². The van der Waals surface area contributed by atoms with E-state index >= 15 is 0 Å². The van der Waals surface area contributed by atoms with Gasteiger partial charge in [0, 0.05) is 21.8 Å². The van der Waals surface area contributed by atoms with Crippen LogP contribution in [-0.4, -0.2) is 51.0 Å². The second kappa shape index (κ2) is 12.5. The van der Waals surface area contributed by atoms with Crippen LogP contribution in [0.25, 0.3) is 17.1 Å². The number of carbonyl (C=O) groups excluding carboxylic acids is 1. The number of hydrogen-bond donors (Lipinski definition) is 2. The highest BCUT2D eigenvalue weighted by Crippen LogP contribution is 2.30. The van der Waals surface area contributed by atoms with Gasteiger partial charge in [-0.3, -0.25) is 9.36 Å². The number of carbonyl (C=O) groups is 1. The summed E-state index contributed by atoms with van der Waals surface area (Å²) in [6.07, 6.45) is 0. The van der Waals surface area contributed by atoms with Crippen LogP contribution in [0.4, 0.5) is 0 Å². The molecule has 0 radical (unpaired) electrons. The zero-order chi connectivity index (χ0) is 27.1. The second-order valence-corrected chi connectivity index (χ2v) is 9.36. The molecule has 0 bridgehead atoms. The maximum atomic E-state index is 12.6. The van der Waals surface area contributed by atoms with Gasteiger partial charge in [0.15, 0.2) is 22.5 Å². The molecule has 0 fully saturated rings. The summed E-state index contributed by atoms with van der Waals surface area (Å²) in [7, 11) is 1.47. The zero-order valence-electron chi connectivity index (χ0n) is 21.0. The molecular weight excluding hydrogens is 526 g/mol. The monoisotopic (exact) mass is 551 g/mol. The van der Waals surface area contributed by atoms with Crippen LogP contribution in [0, 0.1) is 0 Å². The van der Waals surface area contributed by atoms with E-state index in [-0.39, 0.29) is 17.4 Å². The first-order chi connectivity index (χ1) is 18.4. The minimum absolute atomic E-state index is 0.0269. The number of methoxy groups -OCH3 is 1. The van der Waals surface area contributed by atoms with Gasteiger partial charge in [-0.15, -0.1) is 10.2 Å². The van der Waals surface area contributed by atoms with Crippen molar-refractivity contribution in [3.8, 4) is 34.3 Å². The number of hydrazone groups is 1. The predicted molar refractivity (Wildman–Crippen MR) is 149 cm³/mol. The molecule has 1 aromatic heterocycles. The van der Waals surface area contributed by atoms with Crippen LogP contribution in [0.5, 0.6) is 17.2 Å². The molecule has 1 heterocycles. The maximum absolute atomic E-state index is 12.6. The third kappa shape index (κ3) is 6.45. The summed E-state index contributed by atoms with van der Waals surface area (Å²) in [5.41, 5.74) is 5.48. The summed E-state index contributed by atoms with van der Waals surface area (Å²) < 4.78 is 12.6. The summed E-state index contributed by atoms with van der Waals surface area (Å²) >= 11 is 7.31. The van der Waals surface area contributed by atoms with E-state index in [1.54, 1.807) is 31.2 Å². The highest BCUT2D eigenvalue weighted by molar-refractivity contribution is 7.99. The fourth-order valence-corrected chi connectivity index (χ4v) is 4.39. The normalized spacial score (nSPS) is 11.3. The Morgan fingerprint density at radius 1 is 1.11 bits per heavy atom. The van der Waals surface area contributed by atoms with Crippen molar-refractivity contribution in [3.05, 3.63) is 77.3 Å². The van der Waals surface area contributed by atoms with Crippen molar-refractivity contribution in [1.82, 2.24) is 20.2 Å². The molecule has 4 aromatic rings. The lowest BCUT2D eigenvalue weighted by molar-refractivity contribution is -0.118. The number of aromatic hydroxyl groups is 1. The number of nitrogens with zero attached hydrogens (tertiary/aromatic N) is 4. The molecule has 3 aromatic carbocycles. The first kappa shape index (κ1) is 27.0. The van der Waals surface area contributed by atoms with Crippen molar-refractivity contribution in [1.29, 1.82) is 0 Å². The summed E-state index contributed by atoms with van der Waals surface area (Å²) in [6, 6.07) is 19.7. The van der Waals surface area contributed by atoms with Crippen molar-refractivity contribution in [3.63, 3.8) is 0 Å². The van der Waals surface area contributed by atoms with E-state index in [4.69, 9.17) is 21.1 Å². The molecule has 11 heteroatoms. The van der Waals surface area contributed by atoms with Crippen LogP contribution in [0.1, 0.15) is 19.4 Å². The third-order valence-corrected chi connectivity index (χ3v) is 6.60. The number of amides is 1. The standard InChI is InChI=1S/C27H26ClN5O4S/c1-4-37-22-12-10-21(11-13-22)33-26(18-5-8-20(28)9-6-18)31-32-27(33)38-16-25(35)30-29-17(2)19-7-14-23(34)24(15-19)36-3/h5-15,34H,4,16H2,1-3H3,(H,30,35)/b29-17+. The van der Waals surface area contributed by atoms with E-state index in [0.717, 1.165) is 17.0 Å². The van der Waals surface area contributed by atoms with Gasteiger partial charge in [-0.2, -0.15) is 5.10 Å². The maximum Gasteiger partial charge on any atom is 0.250 e. The largest absolute Gasteiger partial charge is 0.504 e. The van der Waals surface area contributed by atoms with Crippen LogP contribution in [0.2, 0.25) is 5.02 Å². The van der Waals surface area contributed by atoms with Crippen LogP contribution in [-0.2, 0) is 4.79 Å². The average molecular weight is 552 g/mol. The average Bonchev–Trinajstić information content (AvgIpc) is 3.35. The number of phenolic OH excluding ortho intramolecular Hbond substituents is 1. The van der Waals surface area contributed by atoms with Gasteiger partial charge in [-0.1, -0.05) is 23.4 Å². The van der Waals surface area contributed by atoms with E-state index in [2.05, 4.69) is 20.7 Å². The number of thioether (sulfide) groups is 1. The molecule has 2 N–H and O–H groups in total. The molecule has 4 rings (SSSR count). The molecule has 0 saturated carbocycles. The topological polar surface area (TPSA) is 111 Å². The fraction of sp³-hybridized carbons (Fsp3) is 0.185. The number of benzene rings is 3. The van der Waals surface area contributed by atoms with Gasteiger partial charge in [0.25, 0.3) is 5.91 Å². The van der Waals surface area contributed by atoms with Crippen molar-refractivity contribution >= 4 is 35.0 Å². The molecule has 0 saturated heterocycles. The van der Waals surface area contributed by atoms with Gasteiger partial charge in [-0.25, -0.2) is 5.43 Å². The van der Waals surface area contributed by atoms with E-state index < -0.39 is 0 Å². The molecule has 0 unspecified atom stereocenters. The highest BCUT2D eigenvalue weighted by atomic mass is 35.5. The Labute approximate surface area is 229 Å². The lowest BCUT2D eigenvalue weighted by atomic mass is 10.1. The van der Waals surface area contributed by atoms with Gasteiger partial charge in [0.2, 0.25) is 0 Å². The van der Waals surface area contributed by atoms with E-state index in [9.17, 15) is 9.90 Å². The lowest BCUT2D eigenvalue weighted by Gasteiger charge is -2.11. The molecule has 0 atom stereocenters. The van der Waals surface area contributed by atoms with Crippen LogP contribution < -0.4 is 14.9 Å². The Bertz CT molecular complexity index is 1440. The van der Waals surface area contributed by atoms with Gasteiger partial charge < -0.3 is 14.6 Å². The fourth-order valence-electron chi connectivity index (χ4n) is 3.52. The Morgan fingerprint density at radius 2 is 1.84 bits per heavy atom. The van der Waals surface area contributed by atoms with Gasteiger partial charge in [0.1, 0.15) is 5.75 Å². The number of aromatic nitrogens is 3. The predicted octanol–water partition coefficient (Wildman–Crippen LogP) is 5.33. The molecule has 1 amide bonds. The van der Waals surface area contributed by atoms with E-state index in [0.29, 0.717) is 39.6 Å². The Morgan fingerprint density at radius 3 is 2.53 bits per heavy atom. The lowest BCUT2D eigenvalue weighted by Crippen LogP contribution is -2.21. The number of ether oxygens (including phenoxy) is 2. The summed E-state index contributed by atoms with van der Waals surface area (Å²) in [4.78, 5) is 12.6. The molecular formula is C27H26ClN5O4S. The smallest absolute Gasteiger partial charge is 0.250 e. The molecule has 0 aliphatic carbocycles. The van der Waals surface area contributed by atoms with Gasteiger partial charge in [0.05, 0.1) is 25.2 Å². The molecule has 0 spiro atoms. The zero-order valence-corrected chi connectivity index (χ0v) is 22.6. The molecule has 0 aliphatic heterocycles. The Kier molecular flexibility index (Phi) is 8.88. The van der Waals surface area contributed by atoms with Gasteiger partial charge in [-0.05, 0) is 80.6 Å². The van der Waals surface area contributed by atoms with Crippen molar-refractivity contribution in [2.75, 3.05) is 19.5 Å². The summed E-state index contributed by atoms with van der Waals surface area (Å²) in [6.45, 7) is 4.25. The van der Waals surface area contributed by atoms with Crippen LogP contribution >= 0.6 is 23.4 Å². The quantitative estimate of drug-likeness (QED) is 0.156. The number of nitrogens with one attached hydrogen (secondary N) is 1. The van der Waals surface area contributed by atoms with Gasteiger partial charge >= 0.3 is 0 Å². The number of halogens is 1. The van der Waals surface area contributed by atoms with E-state index in [1.165, 1.54) is 24.9 Å². The summed E-state index contributed by atoms with van der Waals surface area (Å²) in [5.74, 6) is 1.47. The summed E-state index contributed by atoms with van der Waals surface area (Å²) in [5, 5.41) is 23.9. The second-order valence-electron chi connectivity index (χ2n) is 7.98. The number of hydrogen-bond acceptors (Lipinski definition) is 8. The minimum Gasteiger partial charge on any atom is -0.504 e. The number of rotatable bonds is 10. The molecule has 9 nitrogen and oxygen atoms in total. The third-order valence-electron chi connectivity index (χ3n) is 5.42. The SMILES string of the molecule is CCOc1ccc(-n2c(SCC(=O)N/N=C(\C)c3ccc(O)c(OC)c3)nnc2-c2ccc(Cl)cc2)cc1. The highest BCUT2D eigenvalue weighted by Gasteiger charge is 2.18. The minimum atomic E-state index is -0.311. The number of phenols is 1. The van der Waals surface area contributed by atoms with Crippen molar-refractivity contribution in [2.24, 2.45) is 5.10 Å². The first-order valence-electron chi connectivity index (χ1n) is 11.7.